The molecule has 1 aliphatic carbocycles. The maximum atomic E-state index is 12.5. The molecule has 0 spiro atoms. The summed E-state index contributed by atoms with van der Waals surface area (Å²) in [6.07, 6.45) is 3.32. The summed E-state index contributed by atoms with van der Waals surface area (Å²) in [6.45, 7) is 4.24. The van der Waals surface area contributed by atoms with E-state index in [1.165, 1.54) is 18.4 Å². The molecule has 128 valence electrons. The second kappa shape index (κ2) is 6.43. The lowest BCUT2D eigenvalue weighted by Crippen LogP contribution is -2.30. The molecule has 2 aliphatic rings. The Hall–Kier alpha value is -2.08. The third kappa shape index (κ3) is 3.24. The van der Waals surface area contributed by atoms with Gasteiger partial charge in [-0.15, -0.1) is 0 Å². The van der Waals surface area contributed by atoms with Gasteiger partial charge in [0.05, 0.1) is 7.11 Å². The van der Waals surface area contributed by atoms with Gasteiger partial charge in [0.1, 0.15) is 11.6 Å². The number of ether oxygens (including phenoxy) is 1. The molecule has 0 atom stereocenters. The number of rotatable bonds is 5. The fourth-order valence-corrected chi connectivity index (χ4v) is 3.32. The van der Waals surface area contributed by atoms with Crippen molar-refractivity contribution in [3.8, 4) is 5.75 Å². The molecule has 0 radical (unpaired) electrons. The summed E-state index contributed by atoms with van der Waals surface area (Å²) in [7, 11) is 1.68. The Morgan fingerprint density at radius 2 is 1.96 bits per heavy atom. The highest BCUT2D eigenvalue weighted by atomic mass is 16.5. The Morgan fingerprint density at radius 1 is 1.17 bits per heavy atom. The van der Waals surface area contributed by atoms with Crippen molar-refractivity contribution in [3.63, 3.8) is 0 Å². The average Bonchev–Trinajstić information content (AvgIpc) is 3.39. The second-order valence-electron chi connectivity index (χ2n) is 6.85. The highest BCUT2D eigenvalue weighted by molar-refractivity contribution is 5.27. The Morgan fingerprint density at radius 3 is 2.67 bits per heavy atom. The number of hydrogen-bond donors (Lipinski definition) is 0. The molecule has 2 aromatic rings. The van der Waals surface area contributed by atoms with Crippen LogP contribution in [-0.4, -0.2) is 39.4 Å². The van der Waals surface area contributed by atoms with Gasteiger partial charge in [-0.2, -0.15) is 5.10 Å². The van der Waals surface area contributed by atoms with Crippen LogP contribution in [0.1, 0.15) is 24.2 Å². The van der Waals surface area contributed by atoms with E-state index in [4.69, 9.17) is 4.74 Å². The van der Waals surface area contributed by atoms with Crippen molar-refractivity contribution in [1.82, 2.24) is 19.2 Å². The molecule has 0 bridgehead atoms. The van der Waals surface area contributed by atoms with Crippen molar-refractivity contribution in [1.29, 1.82) is 0 Å². The number of aromatic nitrogens is 3. The number of hydrogen-bond acceptors (Lipinski definition) is 4. The van der Waals surface area contributed by atoms with Gasteiger partial charge < -0.3 is 4.74 Å². The van der Waals surface area contributed by atoms with E-state index in [1.807, 2.05) is 16.7 Å². The fourth-order valence-electron chi connectivity index (χ4n) is 3.32. The molecular formula is C18H24N4O2. The summed E-state index contributed by atoms with van der Waals surface area (Å²) < 4.78 is 8.76. The number of methoxy groups -OCH3 is 1. The van der Waals surface area contributed by atoms with Crippen LogP contribution in [0.4, 0.5) is 0 Å². The monoisotopic (exact) mass is 328 g/mol. The van der Waals surface area contributed by atoms with Gasteiger partial charge in [-0.1, -0.05) is 12.1 Å². The van der Waals surface area contributed by atoms with Crippen LogP contribution < -0.4 is 10.4 Å². The molecule has 1 fully saturated rings. The predicted octanol–water partition coefficient (Wildman–Crippen LogP) is 1.52. The fraction of sp³-hybridized carbons (Fsp3) is 0.556. The normalized spacial score (nSPS) is 18.2. The van der Waals surface area contributed by atoms with E-state index in [9.17, 15) is 4.79 Å². The number of nitrogens with zero attached hydrogens (tertiary/aromatic N) is 4. The van der Waals surface area contributed by atoms with E-state index < -0.39 is 0 Å². The Bertz CT molecular complexity index is 758. The van der Waals surface area contributed by atoms with Crippen molar-refractivity contribution < 1.29 is 4.74 Å². The van der Waals surface area contributed by atoms with Gasteiger partial charge in [-0.25, -0.2) is 9.48 Å². The molecule has 0 N–H and O–H groups in total. The summed E-state index contributed by atoms with van der Waals surface area (Å²) in [5.74, 6) is 2.50. The van der Waals surface area contributed by atoms with Crippen LogP contribution in [0.15, 0.2) is 29.1 Å². The molecule has 6 heteroatoms. The van der Waals surface area contributed by atoms with Crippen LogP contribution in [0, 0.1) is 5.92 Å². The van der Waals surface area contributed by atoms with E-state index in [0.29, 0.717) is 5.92 Å². The van der Waals surface area contributed by atoms with E-state index >= 15 is 0 Å². The van der Waals surface area contributed by atoms with Gasteiger partial charge in [0, 0.05) is 39.1 Å². The number of fused-ring (bicyclic) bond motifs is 1. The van der Waals surface area contributed by atoms with Gasteiger partial charge in [0.25, 0.3) is 0 Å². The highest BCUT2D eigenvalue weighted by Gasteiger charge is 2.25. The first-order valence-corrected chi connectivity index (χ1v) is 8.75. The third-order valence-corrected chi connectivity index (χ3v) is 4.98. The minimum Gasteiger partial charge on any atom is -0.497 e. The van der Waals surface area contributed by atoms with E-state index in [0.717, 1.165) is 50.7 Å². The van der Waals surface area contributed by atoms with Crippen LogP contribution in [0.5, 0.6) is 5.75 Å². The summed E-state index contributed by atoms with van der Waals surface area (Å²) in [5, 5.41) is 4.58. The Labute approximate surface area is 141 Å². The third-order valence-electron chi connectivity index (χ3n) is 4.98. The maximum absolute atomic E-state index is 12.5. The van der Waals surface area contributed by atoms with Crippen LogP contribution in [0.3, 0.4) is 0 Å². The SMILES string of the molecule is COc1ccc(CN2CCc3nn(CC4CC4)c(=O)n3CC2)cc1. The molecule has 1 saturated carbocycles. The van der Waals surface area contributed by atoms with Crippen molar-refractivity contribution >= 4 is 0 Å². The van der Waals surface area contributed by atoms with Crippen molar-refractivity contribution in [2.24, 2.45) is 5.92 Å². The van der Waals surface area contributed by atoms with Crippen LogP contribution in [-0.2, 0) is 26.1 Å². The summed E-state index contributed by atoms with van der Waals surface area (Å²) in [4.78, 5) is 14.9. The first-order valence-electron chi connectivity index (χ1n) is 8.75. The topological polar surface area (TPSA) is 52.3 Å². The zero-order valence-corrected chi connectivity index (χ0v) is 14.1. The molecule has 0 saturated heterocycles. The van der Waals surface area contributed by atoms with Crippen molar-refractivity contribution in [2.45, 2.75) is 38.9 Å². The molecule has 24 heavy (non-hydrogen) atoms. The van der Waals surface area contributed by atoms with E-state index in [-0.39, 0.29) is 5.69 Å². The summed E-state index contributed by atoms with van der Waals surface area (Å²) >= 11 is 0. The molecule has 6 nitrogen and oxygen atoms in total. The zero-order valence-electron chi connectivity index (χ0n) is 14.1. The molecule has 1 aliphatic heterocycles. The molecule has 0 unspecified atom stereocenters. The molecule has 2 heterocycles. The van der Waals surface area contributed by atoms with Crippen LogP contribution in [0.2, 0.25) is 0 Å². The minimum atomic E-state index is 0.0724. The predicted molar refractivity (Wildman–Crippen MR) is 91.2 cm³/mol. The van der Waals surface area contributed by atoms with Crippen molar-refractivity contribution in [2.75, 3.05) is 20.2 Å². The average molecular weight is 328 g/mol. The molecule has 4 rings (SSSR count). The smallest absolute Gasteiger partial charge is 0.345 e. The number of benzene rings is 1. The van der Waals surface area contributed by atoms with Crippen LogP contribution >= 0.6 is 0 Å². The lowest BCUT2D eigenvalue weighted by atomic mass is 10.2. The van der Waals surface area contributed by atoms with Crippen molar-refractivity contribution in [3.05, 3.63) is 46.1 Å². The molecule has 1 aromatic carbocycles. The van der Waals surface area contributed by atoms with Gasteiger partial charge in [-0.05, 0) is 36.5 Å². The summed E-state index contributed by atoms with van der Waals surface area (Å²) in [5.41, 5.74) is 1.34. The van der Waals surface area contributed by atoms with Gasteiger partial charge in [-0.3, -0.25) is 9.47 Å². The van der Waals surface area contributed by atoms with E-state index in [1.54, 1.807) is 11.8 Å². The molecular weight excluding hydrogens is 304 g/mol. The minimum absolute atomic E-state index is 0.0724. The second-order valence-corrected chi connectivity index (χ2v) is 6.85. The lowest BCUT2D eigenvalue weighted by molar-refractivity contribution is 0.269. The zero-order chi connectivity index (χ0) is 16.5. The van der Waals surface area contributed by atoms with Gasteiger partial charge in [0.15, 0.2) is 0 Å². The summed E-state index contributed by atoms with van der Waals surface area (Å²) in [6, 6.07) is 8.19. The first-order chi connectivity index (χ1) is 11.7. The standard InChI is InChI=1S/C18H24N4O2/c1-24-16-6-4-14(5-7-16)12-20-9-8-17-19-22(13-15-2-3-15)18(23)21(17)11-10-20/h4-7,15H,2-3,8-13H2,1H3. The lowest BCUT2D eigenvalue weighted by Gasteiger charge is -2.19. The van der Waals surface area contributed by atoms with E-state index in [2.05, 4.69) is 22.1 Å². The first kappa shape index (κ1) is 15.4. The Balaban J connectivity index is 1.41. The van der Waals surface area contributed by atoms with Crippen LogP contribution in [0.25, 0.3) is 0 Å². The molecule has 1 aromatic heterocycles. The highest BCUT2D eigenvalue weighted by Crippen LogP contribution is 2.29. The van der Waals surface area contributed by atoms with Gasteiger partial charge in [0.2, 0.25) is 0 Å². The quantitative estimate of drug-likeness (QED) is 0.835. The van der Waals surface area contributed by atoms with Gasteiger partial charge >= 0.3 is 5.69 Å². The Kier molecular flexibility index (Phi) is 4.14. The largest absolute Gasteiger partial charge is 0.497 e. The maximum Gasteiger partial charge on any atom is 0.345 e. The molecule has 0 amide bonds.